The zero-order valence-electron chi connectivity index (χ0n) is 5.68. The first-order chi connectivity index (χ1) is 4.20. The average Bonchev–Trinajstić information content (AvgIpc) is 2.50. The second-order valence-electron chi connectivity index (χ2n) is 2.94. The molecule has 0 saturated heterocycles. The van der Waals surface area contributed by atoms with Crippen LogP contribution in [0.2, 0.25) is 0 Å². The smallest absolute Gasteiger partial charge is 0.126 e. The standard InChI is InChI=1S/C7H13FO/c1-5(9)7(8)4-6-2-3-6/h5-7,9H,2-4H2,1H3. The zero-order valence-corrected chi connectivity index (χ0v) is 5.68. The molecule has 0 aliphatic heterocycles. The zero-order chi connectivity index (χ0) is 6.85. The summed E-state index contributed by atoms with van der Waals surface area (Å²) in [5, 5.41) is 8.72. The molecule has 2 unspecified atom stereocenters. The molecule has 1 aliphatic rings. The van der Waals surface area contributed by atoms with Crippen molar-refractivity contribution in [3.8, 4) is 0 Å². The molecule has 54 valence electrons. The topological polar surface area (TPSA) is 20.2 Å². The van der Waals surface area contributed by atoms with E-state index in [0.717, 1.165) is 12.8 Å². The number of rotatable bonds is 3. The molecular formula is C7H13FO. The summed E-state index contributed by atoms with van der Waals surface area (Å²) in [6.07, 6.45) is 1.13. The van der Waals surface area contributed by atoms with Crippen LogP contribution in [-0.4, -0.2) is 17.4 Å². The van der Waals surface area contributed by atoms with E-state index in [1.807, 2.05) is 0 Å². The third-order valence-electron chi connectivity index (χ3n) is 1.78. The van der Waals surface area contributed by atoms with Gasteiger partial charge in [-0.15, -0.1) is 0 Å². The fourth-order valence-corrected chi connectivity index (χ4v) is 0.869. The van der Waals surface area contributed by atoms with Crippen LogP contribution in [0, 0.1) is 5.92 Å². The molecule has 2 atom stereocenters. The maximum atomic E-state index is 12.6. The van der Waals surface area contributed by atoms with Crippen molar-refractivity contribution >= 4 is 0 Å². The van der Waals surface area contributed by atoms with E-state index >= 15 is 0 Å². The normalized spacial score (nSPS) is 25.7. The van der Waals surface area contributed by atoms with Crippen LogP contribution in [0.1, 0.15) is 26.2 Å². The summed E-state index contributed by atoms with van der Waals surface area (Å²) in [7, 11) is 0. The van der Waals surface area contributed by atoms with Crippen molar-refractivity contribution in [2.24, 2.45) is 5.92 Å². The van der Waals surface area contributed by atoms with Gasteiger partial charge in [-0.3, -0.25) is 0 Å². The van der Waals surface area contributed by atoms with E-state index in [1.165, 1.54) is 6.92 Å². The van der Waals surface area contributed by atoms with E-state index < -0.39 is 12.3 Å². The lowest BCUT2D eigenvalue weighted by Crippen LogP contribution is -2.17. The summed E-state index contributed by atoms with van der Waals surface area (Å²) in [6, 6.07) is 0. The third kappa shape index (κ3) is 2.31. The van der Waals surface area contributed by atoms with Gasteiger partial charge in [-0.05, 0) is 19.3 Å². The van der Waals surface area contributed by atoms with Crippen LogP contribution in [-0.2, 0) is 0 Å². The van der Waals surface area contributed by atoms with Crippen LogP contribution >= 0.6 is 0 Å². The van der Waals surface area contributed by atoms with E-state index in [2.05, 4.69) is 0 Å². The molecule has 0 aromatic rings. The number of halogens is 1. The van der Waals surface area contributed by atoms with Crippen LogP contribution in [0.25, 0.3) is 0 Å². The molecule has 0 spiro atoms. The Morgan fingerprint density at radius 2 is 2.22 bits per heavy atom. The molecule has 0 bridgehead atoms. The fraction of sp³-hybridized carbons (Fsp3) is 1.00. The Morgan fingerprint density at radius 3 is 2.56 bits per heavy atom. The minimum atomic E-state index is -0.988. The highest BCUT2D eigenvalue weighted by Crippen LogP contribution is 2.34. The summed E-state index contributed by atoms with van der Waals surface area (Å²) in [4.78, 5) is 0. The van der Waals surface area contributed by atoms with Gasteiger partial charge in [0.05, 0.1) is 6.10 Å². The molecule has 1 nitrogen and oxygen atoms in total. The largest absolute Gasteiger partial charge is 0.390 e. The van der Waals surface area contributed by atoms with Crippen LogP contribution in [0.5, 0.6) is 0 Å². The second-order valence-corrected chi connectivity index (χ2v) is 2.94. The minimum absolute atomic E-state index is 0.567. The van der Waals surface area contributed by atoms with Crippen molar-refractivity contribution < 1.29 is 9.50 Å². The van der Waals surface area contributed by atoms with E-state index in [-0.39, 0.29) is 0 Å². The van der Waals surface area contributed by atoms with Gasteiger partial charge in [0.25, 0.3) is 0 Å². The van der Waals surface area contributed by atoms with Gasteiger partial charge in [0.15, 0.2) is 0 Å². The lowest BCUT2D eigenvalue weighted by atomic mass is 10.1. The molecular weight excluding hydrogens is 119 g/mol. The van der Waals surface area contributed by atoms with Gasteiger partial charge in [-0.25, -0.2) is 4.39 Å². The highest BCUT2D eigenvalue weighted by molar-refractivity contribution is 4.78. The first-order valence-corrected chi connectivity index (χ1v) is 3.52. The van der Waals surface area contributed by atoms with Gasteiger partial charge in [-0.1, -0.05) is 12.8 Å². The van der Waals surface area contributed by atoms with E-state index in [4.69, 9.17) is 5.11 Å². The van der Waals surface area contributed by atoms with Crippen LogP contribution < -0.4 is 0 Å². The summed E-state index contributed by atoms with van der Waals surface area (Å²) < 4.78 is 12.6. The number of aliphatic hydroxyl groups excluding tert-OH is 1. The average molecular weight is 132 g/mol. The molecule has 0 aromatic carbocycles. The van der Waals surface area contributed by atoms with E-state index in [0.29, 0.717) is 12.3 Å². The maximum absolute atomic E-state index is 12.6. The lowest BCUT2D eigenvalue weighted by Gasteiger charge is -2.08. The Labute approximate surface area is 54.9 Å². The van der Waals surface area contributed by atoms with Gasteiger partial charge >= 0.3 is 0 Å². The second kappa shape index (κ2) is 2.65. The SMILES string of the molecule is CC(O)C(F)CC1CC1. The minimum Gasteiger partial charge on any atom is -0.390 e. The van der Waals surface area contributed by atoms with Gasteiger partial charge in [0.1, 0.15) is 6.17 Å². The highest BCUT2D eigenvalue weighted by Gasteiger charge is 2.27. The van der Waals surface area contributed by atoms with Crippen LogP contribution in [0.4, 0.5) is 4.39 Å². The molecule has 0 radical (unpaired) electrons. The molecule has 2 heteroatoms. The molecule has 0 amide bonds. The molecule has 1 aliphatic carbocycles. The van der Waals surface area contributed by atoms with Crippen molar-refractivity contribution in [2.75, 3.05) is 0 Å². The summed E-state index contributed by atoms with van der Waals surface area (Å²) in [5.74, 6) is 0.578. The summed E-state index contributed by atoms with van der Waals surface area (Å²) >= 11 is 0. The Morgan fingerprint density at radius 1 is 1.67 bits per heavy atom. The third-order valence-corrected chi connectivity index (χ3v) is 1.78. The maximum Gasteiger partial charge on any atom is 0.126 e. The first kappa shape index (κ1) is 7.00. The number of aliphatic hydroxyl groups is 1. The summed E-state index contributed by atoms with van der Waals surface area (Å²) in [6.45, 7) is 1.51. The van der Waals surface area contributed by atoms with Gasteiger partial charge < -0.3 is 5.11 Å². The lowest BCUT2D eigenvalue weighted by molar-refractivity contribution is 0.0841. The van der Waals surface area contributed by atoms with Crippen molar-refractivity contribution in [1.29, 1.82) is 0 Å². The van der Waals surface area contributed by atoms with Gasteiger partial charge in [-0.2, -0.15) is 0 Å². The molecule has 0 aromatic heterocycles. The van der Waals surface area contributed by atoms with Gasteiger partial charge in [0.2, 0.25) is 0 Å². The number of hydrogen-bond donors (Lipinski definition) is 1. The molecule has 9 heavy (non-hydrogen) atoms. The van der Waals surface area contributed by atoms with Crippen molar-refractivity contribution in [3.63, 3.8) is 0 Å². The van der Waals surface area contributed by atoms with Crippen LogP contribution in [0.3, 0.4) is 0 Å². The molecule has 1 N–H and O–H groups in total. The van der Waals surface area contributed by atoms with E-state index in [9.17, 15) is 4.39 Å². The Balaban J connectivity index is 2.09. The first-order valence-electron chi connectivity index (χ1n) is 3.52. The number of alkyl halides is 1. The Hall–Kier alpha value is -0.110. The Kier molecular flexibility index (Phi) is 2.06. The van der Waals surface area contributed by atoms with Crippen LogP contribution in [0.15, 0.2) is 0 Å². The fourth-order valence-electron chi connectivity index (χ4n) is 0.869. The molecule has 1 fully saturated rings. The quantitative estimate of drug-likeness (QED) is 0.617. The highest BCUT2D eigenvalue weighted by atomic mass is 19.1. The van der Waals surface area contributed by atoms with Crippen molar-refractivity contribution in [1.82, 2.24) is 0 Å². The van der Waals surface area contributed by atoms with Crippen molar-refractivity contribution in [3.05, 3.63) is 0 Å². The van der Waals surface area contributed by atoms with E-state index in [1.54, 1.807) is 0 Å². The molecule has 1 rings (SSSR count). The molecule has 1 saturated carbocycles. The van der Waals surface area contributed by atoms with Gasteiger partial charge in [0, 0.05) is 0 Å². The van der Waals surface area contributed by atoms with Crippen molar-refractivity contribution in [2.45, 2.75) is 38.5 Å². The Bertz CT molecular complexity index is 88.9. The predicted octanol–water partition coefficient (Wildman–Crippen LogP) is 1.51. The number of hydrogen-bond acceptors (Lipinski definition) is 1. The molecule has 0 heterocycles. The summed E-state index contributed by atoms with van der Waals surface area (Å²) in [5.41, 5.74) is 0. The predicted molar refractivity (Wildman–Crippen MR) is 33.9 cm³/mol. The monoisotopic (exact) mass is 132 g/mol.